The summed E-state index contributed by atoms with van der Waals surface area (Å²) in [6, 6.07) is 3.59. The van der Waals surface area contributed by atoms with E-state index in [4.69, 9.17) is 23.7 Å². The van der Waals surface area contributed by atoms with Gasteiger partial charge in [0.15, 0.2) is 12.1 Å². The van der Waals surface area contributed by atoms with E-state index < -0.39 is 24.9 Å². The van der Waals surface area contributed by atoms with Crippen molar-refractivity contribution in [2.45, 2.75) is 65.2 Å². The van der Waals surface area contributed by atoms with Gasteiger partial charge in [-0.2, -0.15) is 9.97 Å². The third-order valence-electron chi connectivity index (χ3n) is 5.58. The summed E-state index contributed by atoms with van der Waals surface area (Å²) < 4.78 is 37.2. The van der Waals surface area contributed by atoms with Crippen molar-refractivity contribution in [2.75, 3.05) is 13.2 Å². The normalized spacial score (nSPS) is 18.1. The highest BCUT2D eigenvalue weighted by molar-refractivity contribution is 5.78. The molecule has 1 aromatic carbocycles. The van der Waals surface area contributed by atoms with Crippen LogP contribution >= 0.6 is 0 Å². The summed E-state index contributed by atoms with van der Waals surface area (Å²) in [6.07, 6.45) is 1.90. The topological polar surface area (TPSA) is 117 Å². The molecule has 1 N–H and O–H groups in total. The number of halogens is 1. The van der Waals surface area contributed by atoms with Crippen LogP contribution in [0.2, 0.25) is 0 Å². The summed E-state index contributed by atoms with van der Waals surface area (Å²) in [6.45, 7) is 5.59. The van der Waals surface area contributed by atoms with Gasteiger partial charge < -0.3 is 23.7 Å². The molecule has 34 heavy (non-hydrogen) atoms. The van der Waals surface area contributed by atoms with Crippen LogP contribution in [-0.2, 0) is 4.79 Å². The molecule has 1 aliphatic rings. The van der Waals surface area contributed by atoms with Crippen LogP contribution in [-0.4, -0.2) is 51.5 Å². The Balaban J connectivity index is 1.68. The van der Waals surface area contributed by atoms with Gasteiger partial charge in [0, 0.05) is 5.56 Å². The largest absolute Gasteiger partial charge is 0.481 e. The molecule has 0 aliphatic heterocycles. The maximum atomic E-state index is 14.3. The fraction of sp³-hybridized carbons (Fsp3) is 0.500. The summed E-state index contributed by atoms with van der Waals surface area (Å²) >= 11 is 0. The van der Waals surface area contributed by atoms with Crippen LogP contribution in [0.5, 0.6) is 17.6 Å². The van der Waals surface area contributed by atoms with Crippen LogP contribution in [0, 0.1) is 13.8 Å². The zero-order valence-corrected chi connectivity index (χ0v) is 19.5. The van der Waals surface area contributed by atoms with E-state index in [1.807, 2.05) is 20.8 Å². The Hall–Kier alpha value is -3.43. The Morgan fingerprint density at radius 1 is 1.15 bits per heavy atom. The Morgan fingerprint density at radius 2 is 1.88 bits per heavy atom. The lowest BCUT2D eigenvalue weighted by molar-refractivity contribution is -0.139. The van der Waals surface area contributed by atoms with Gasteiger partial charge in [-0.3, -0.25) is 0 Å². The van der Waals surface area contributed by atoms with Gasteiger partial charge in [-0.15, -0.1) is 0 Å². The lowest BCUT2D eigenvalue weighted by Crippen LogP contribution is -2.32. The van der Waals surface area contributed by atoms with E-state index in [1.54, 1.807) is 12.1 Å². The highest BCUT2D eigenvalue weighted by atomic mass is 19.1. The van der Waals surface area contributed by atoms with Crippen LogP contribution in [0.3, 0.4) is 0 Å². The van der Waals surface area contributed by atoms with Gasteiger partial charge >= 0.3 is 12.0 Å². The molecular formula is C24H28FN3O6. The number of carboxylic acid groups (broad SMARTS) is 1. The van der Waals surface area contributed by atoms with E-state index >= 15 is 0 Å². The SMILES string of the molecule is CCCOc1nc(OC2CCCCC2F)nc2oc(-c3cc(C)c(OCC(=O)O)c(C)c3)nc12. The number of oxazole rings is 1. The molecule has 2 heterocycles. The molecule has 0 bridgehead atoms. The van der Waals surface area contributed by atoms with Crippen molar-refractivity contribution >= 4 is 17.2 Å². The molecule has 10 heteroatoms. The molecule has 2 unspecified atom stereocenters. The van der Waals surface area contributed by atoms with Crippen molar-refractivity contribution < 1.29 is 32.9 Å². The van der Waals surface area contributed by atoms with Crippen LogP contribution in [0.1, 0.15) is 50.2 Å². The first kappa shape index (κ1) is 23.7. The van der Waals surface area contributed by atoms with Crippen LogP contribution in [0.15, 0.2) is 16.5 Å². The maximum absolute atomic E-state index is 14.3. The number of aryl methyl sites for hydroxylation is 2. The lowest BCUT2D eigenvalue weighted by Gasteiger charge is -2.25. The highest BCUT2D eigenvalue weighted by Gasteiger charge is 2.28. The van der Waals surface area contributed by atoms with Crippen molar-refractivity contribution in [1.82, 2.24) is 15.0 Å². The monoisotopic (exact) mass is 473 g/mol. The van der Waals surface area contributed by atoms with E-state index in [0.717, 1.165) is 30.4 Å². The first-order valence-corrected chi connectivity index (χ1v) is 11.4. The summed E-state index contributed by atoms with van der Waals surface area (Å²) in [5.41, 5.74) is 2.66. The minimum Gasteiger partial charge on any atom is -0.481 e. The van der Waals surface area contributed by atoms with Gasteiger partial charge in [0.05, 0.1) is 6.61 Å². The van der Waals surface area contributed by atoms with E-state index in [0.29, 0.717) is 42.2 Å². The molecule has 4 rings (SSSR count). The average molecular weight is 474 g/mol. The van der Waals surface area contributed by atoms with E-state index in [-0.39, 0.29) is 17.6 Å². The molecule has 0 radical (unpaired) electrons. The van der Waals surface area contributed by atoms with Crippen molar-refractivity contribution in [3.8, 4) is 29.1 Å². The molecule has 3 aromatic rings. The number of carboxylic acids is 1. The molecule has 0 spiro atoms. The first-order chi connectivity index (χ1) is 16.4. The van der Waals surface area contributed by atoms with Gasteiger partial charge in [-0.05, 0) is 62.8 Å². The summed E-state index contributed by atoms with van der Waals surface area (Å²) in [5, 5.41) is 8.89. The van der Waals surface area contributed by atoms with E-state index in [2.05, 4.69) is 15.0 Å². The van der Waals surface area contributed by atoms with Gasteiger partial charge in [-0.1, -0.05) is 13.3 Å². The second-order valence-corrected chi connectivity index (χ2v) is 8.41. The zero-order valence-electron chi connectivity index (χ0n) is 19.5. The number of alkyl halides is 1. The molecule has 1 aliphatic carbocycles. The highest BCUT2D eigenvalue weighted by Crippen LogP contribution is 2.34. The molecule has 9 nitrogen and oxygen atoms in total. The van der Waals surface area contributed by atoms with Crippen molar-refractivity contribution in [1.29, 1.82) is 0 Å². The molecule has 1 saturated carbocycles. The quantitative estimate of drug-likeness (QED) is 0.467. The zero-order chi connectivity index (χ0) is 24.2. The van der Waals surface area contributed by atoms with Gasteiger partial charge in [-0.25, -0.2) is 14.2 Å². The minimum atomic E-state index is -1.06. The predicted octanol–water partition coefficient (Wildman–Crippen LogP) is 4.81. The molecule has 2 aromatic heterocycles. The summed E-state index contributed by atoms with van der Waals surface area (Å²) in [4.78, 5) is 24.1. The van der Waals surface area contributed by atoms with Gasteiger partial charge in [0.25, 0.3) is 11.6 Å². The number of nitrogens with zero attached hydrogens (tertiary/aromatic N) is 3. The number of fused-ring (bicyclic) bond motifs is 1. The Morgan fingerprint density at radius 3 is 2.56 bits per heavy atom. The van der Waals surface area contributed by atoms with Gasteiger partial charge in [0.1, 0.15) is 18.0 Å². The number of aromatic nitrogens is 3. The van der Waals surface area contributed by atoms with Gasteiger partial charge in [0.2, 0.25) is 5.89 Å². The van der Waals surface area contributed by atoms with E-state index in [1.165, 1.54) is 0 Å². The average Bonchev–Trinajstić information content (AvgIpc) is 3.22. The Labute approximate surface area is 196 Å². The van der Waals surface area contributed by atoms with Crippen molar-refractivity contribution in [2.24, 2.45) is 0 Å². The number of rotatable bonds is 9. The predicted molar refractivity (Wildman–Crippen MR) is 121 cm³/mol. The van der Waals surface area contributed by atoms with Crippen molar-refractivity contribution in [3.63, 3.8) is 0 Å². The standard InChI is InChI=1S/C24H28FN3O6/c1-4-9-31-22-19-23(28-24(27-22)33-17-8-6-5-7-16(17)25)34-21(26-19)15-10-13(2)20(14(3)11-15)32-12-18(29)30/h10-11,16-17H,4-9,12H2,1-3H3,(H,29,30). The molecular weight excluding hydrogens is 445 g/mol. The minimum absolute atomic E-state index is 0.000586. The number of carbonyl (C=O) groups is 1. The maximum Gasteiger partial charge on any atom is 0.341 e. The smallest absolute Gasteiger partial charge is 0.341 e. The third-order valence-corrected chi connectivity index (χ3v) is 5.58. The summed E-state index contributed by atoms with van der Waals surface area (Å²) in [5.74, 6) is -0.0407. The van der Waals surface area contributed by atoms with Crippen LogP contribution in [0.25, 0.3) is 22.7 Å². The fourth-order valence-electron chi connectivity index (χ4n) is 4.01. The third kappa shape index (κ3) is 5.21. The number of benzene rings is 1. The summed E-state index contributed by atoms with van der Waals surface area (Å²) in [7, 11) is 0. The lowest BCUT2D eigenvalue weighted by atomic mass is 9.96. The number of aliphatic carboxylic acids is 1. The van der Waals surface area contributed by atoms with E-state index in [9.17, 15) is 9.18 Å². The second-order valence-electron chi connectivity index (χ2n) is 8.41. The number of ether oxygens (including phenoxy) is 3. The number of hydrogen-bond acceptors (Lipinski definition) is 8. The fourth-order valence-corrected chi connectivity index (χ4v) is 4.01. The Kier molecular flexibility index (Phi) is 7.14. The van der Waals surface area contributed by atoms with Crippen LogP contribution < -0.4 is 14.2 Å². The first-order valence-electron chi connectivity index (χ1n) is 11.4. The molecule has 182 valence electrons. The number of hydrogen-bond donors (Lipinski definition) is 1. The molecule has 1 fully saturated rings. The Bertz CT molecular complexity index is 1160. The molecule has 0 amide bonds. The second kappa shape index (κ2) is 10.2. The molecule has 0 saturated heterocycles. The van der Waals surface area contributed by atoms with Crippen molar-refractivity contribution in [3.05, 3.63) is 23.3 Å². The molecule has 2 atom stereocenters. The van der Waals surface area contributed by atoms with Crippen LogP contribution in [0.4, 0.5) is 4.39 Å².